The van der Waals surface area contributed by atoms with E-state index < -0.39 is 0 Å². The molecule has 2 nitrogen and oxygen atoms in total. The maximum absolute atomic E-state index is 6.09. The van der Waals surface area contributed by atoms with Gasteiger partial charge in [-0.1, -0.05) is 43.1 Å². The average molecular weight is 275 g/mol. The molecular formula is C16H19ClN2. The number of halogens is 1. The van der Waals surface area contributed by atoms with Gasteiger partial charge in [-0.15, -0.1) is 0 Å². The molecule has 0 amide bonds. The van der Waals surface area contributed by atoms with Gasteiger partial charge in [-0.05, 0) is 42.7 Å². The van der Waals surface area contributed by atoms with E-state index >= 15 is 0 Å². The molecule has 19 heavy (non-hydrogen) atoms. The summed E-state index contributed by atoms with van der Waals surface area (Å²) in [5.74, 6) is 0. The van der Waals surface area contributed by atoms with Crippen LogP contribution in [0.1, 0.15) is 24.5 Å². The van der Waals surface area contributed by atoms with Gasteiger partial charge in [0.2, 0.25) is 0 Å². The van der Waals surface area contributed by atoms with E-state index in [1.807, 2.05) is 25.1 Å². The minimum atomic E-state index is 0.584. The maximum atomic E-state index is 6.09. The van der Waals surface area contributed by atoms with Crippen molar-refractivity contribution in [1.29, 1.82) is 0 Å². The van der Waals surface area contributed by atoms with Crippen LogP contribution < -0.4 is 11.1 Å². The lowest BCUT2D eigenvalue weighted by Gasteiger charge is -2.14. The number of nitrogen functional groups attached to an aromatic ring is 1. The molecule has 3 heteroatoms. The van der Waals surface area contributed by atoms with Crippen molar-refractivity contribution in [2.24, 2.45) is 0 Å². The van der Waals surface area contributed by atoms with Crippen LogP contribution in [0.4, 0.5) is 17.1 Å². The predicted octanol–water partition coefficient (Wildman–Crippen LogP) is 4.93. The number of aryl methyl sites for hydroxylation is 2. The summed E-state index contributed by atoms with van der Waals surface area (Å²) in [6, 6.07) is 12.1. The zero-order chi connectivity index (χ0) is 13.8. The molecule has 0 atom stereocenters. The first-order valence-corrected chi connectivity index (χ1v) is 6.90. The number of nitrogens with one attached hydrogen (secondary N) is 1. The summed E-state index contributed by atoms with van der Waals surface area (Å²) in [5.41, 5.74) is 11.0. The lowest BCUT2D eigenvalue weighted by atomic mass is 10.1. The van der Waals surface area contributed by atoms with E-state index in [2.05, 4.69) is 30.4 Å². The van der Waals surface area contributed by atoms with Crippen LogP contribution in [-0.2, 0) is 6.42 Å². The summed E-state index contributed by atoms with van der Waals surface area (Å²) in [4.78, 5) is 0. The molecule has 0 fully saturated rings. The Hall–Kier alpha value is -1.67. The lowest BCUT2D eigenvalue weighted by Crippen LogP contribution is -1.99. The van der Waals surface area contributed by atoms with Crippen molar-refractivity contribution in [1.82, 2.24) is 0 Å². The number of hydrogen-bond acceptors (Lipinski definition) is 2. The molecule has 2 rings (SSSR count). The SMILES string of the molecule is CCCc1ccccc1Nc1cc(Cl)c(N)cc1C. The van der Waals surface area contributed by atoms with Crippen molar-refractivity contribution >= 4 is 28.7 Å². The highest BCUT2D eigenvalue weighted by Crippen LogP contribution is 2.30. The molecular weight excluding hydrogens is 256 g/mol. The fourth-order valence-corrected chi connectivity index (χ4v) is 2.28. The van der Waals surface area contributed by atoms with Crippen molar-refractivity contribution in [2.75, 3.05) is 11.1 Å². The molecule has 0 bridgehead atoms. The molecule has 0 heterocycles. The van der Waals surface area contributed by atoms with E-state index in [0.717, 1.165) is 29.8 Å². The molecule has 100 valence electrons. The Balaban J connectivity index is 2.33. The van der Waals surface area contributed by atoms with Gasteiger partial charge >= 0.3 is 0 Å². The van der Waals surface area contributed by atoms with E-state index in [1.165, 1.54) is 5.56 Å². The second-order valence-electron chi connectivity index (χ2n) is 4.72. The van der Waals surface area contributed by atoms with Gasteiger partial charge in [-0.25, -0.2) is 0 Å². The van der Waals surface area contributed by atoms with Gasteiger partial charge in [0.1, 0.15) is 0 Å². The largest absolute Gasteiger partial charge is 0.398 e. The summed E-state index contributed by atoms with van der Waals surface area (Å²) in [5, 5.41) is 4.04. The molecule has 0 aliphatic heterocycles. The third-order valence-corrected chi connectivity index (χ3v) is 3.48. The van der Waals surface area contributed by atoms with Crippen molar-refractivity contribution in [3.05, 3.63) is 52.5 Å². The van der Waals surface area contributed by atoms with Crippen molar-refractivity contribution < 1.29 is 0 Å². The topological polar surface area (TPSA) is 38.0 Å². The van der Waals surface area contributed by atoms with Gasteiger partial charge < -0.3 is 11.1 Å². The number of nitrogens with two attached hydrogens (primary N) is 1. The van der Waals surface area contributed by atoms with Gasteiger partial charge in [0.15, 0.2) is 0 Å². The van der Waals surface area contributed by atoms with Gasteiger partial charge in [-0.3, -0.25) is 0 Å². The van der Waals surface area contributed by atoms with Crippen LogP contribution in [0, 0.1) is 6.92 Å². The maximum Gasteiger partial charge on any atom is 0.0656 e. The monoisotopic (exact) mass is 274 g/mol. The third-order valence-electron chi connectivity index (χ3n) is 3.15. The number of rotatable bonds is 4. The third kappa shape index (κ3) is 3.21. The van der Waals surface area contributed by atoms with Crippen LogP contribution in [0.5, 0.6) is 0 Å². The minimum absolute atomic E-state index is 0.584. The highest BCUT2D eigenvalue weighted by molar-refractivity contribution is 6.33. The first kappa shape index (κ1) is 13.8. The van der Waals surface area contributed by atoms with E-state index in [4.69, 9.17) is 17.3 Å². The van der Waals surface area contributed by atoms with Crippen LogP contribution in [0.3, 0.4) is 0 Å². The Morgan fingerprint density at radius 1 is 1.16 bits per heavy atom. The standard InChI is InChI=1S/C16H19ClN2/c1-3-6-12-7-4-5-8-15(12)19-16-10-13(17)14(18)9-11(16)2/h4-5,7-10,19H,3,6,18H2,1-2H3. The van der Waals surface area contributed by atoms with Crippen molar-refractivity contribution in [3.8, 4) is 0 Å². The van der Waals surface area contributed by atoms with Crippen molar-refractivity contribution in [2.45, 2.75) is 26.7 Å². The Bertz CT molecular complexity index is 579. The fourth-order valence-electron chi connectivity index (χ4n) is 2.11. The zero-order valence-electron chi connectivity index (χ0n) is 11.3. The summed E-state index contributed by atoms with van der Waals surface area (Å²) in [6.45, 7) is 4.21. The van der Waals surface area contributed by atoms with Crippen LogP contribution in [0.25, 0.3) is 0 Å². The molecule has 0 radical (unpaired) electrons. The molecule has 3 N–H and O–H groups in total. The lowest BCUT2D eigenvalue weighted by molar-refractivity contribution is 0.923. The quantitative estimate of drug-likeness (QED) is 0.776. The normalized spacial score (nSPS) is 10.5. The highest BCUT2D eigenvalue weighted by atomic mass is 35.5. The minimum Gasteiger partial charge on any atom is -0.398 e. The fraction of sp³-hybridized carbons (Fsp3) is 0.250. The number of hydrogen-bond donors (Lipinski definition) is 2. The number of anilines is 3. The summed E-state index contributed by atoms with van der Waals surface area (Å²) in [7, 11) is 0. The molecule has 0 saturated heterocycles. The number of para-hydroxylation sites is 1. The molecule has 0 saturated carbocycles. The predicted molar refractivity (Wildman–Crippen MR) is 84.3 cm³/mol. The summed E-state index contributed by atoms with van der Waals surface area (Å²) >= 11 is 6.09. The smallest absolute Gasteiger partial charge is 0.0656 e. The Morgan fingerprint density at radius 3 is 2.63 bits per heavy atom. The Kier molecular flexibility index (Phi) is 4.33. The Labute approximate surface area is 119 Å². The molecule has 2 aromatic rings. The van der Waals surface area contributed by atoms with E-state index in [1.54, 1.807) is 0 Å². The van der Waals surface area contributed by atoms with Crippen LogP contribution in [0.15, 0.2) is 36.4 Å². The van der Waals surface area contributed by atoms with Crippen molar-refractivity contribution in [3.63, 3.8) is 0 Å². The molecule has 0 spiro atoms. The summed E-state index contributed by atoms with van der Waals surface area (Å²) in [6.07, 6.45) is 2.19. The summed E-state index contributed by atoms with van der Waals surface area (Å²) < 4.78 is 0. The first-order chi connectivity index (χ1) is 9.11. The van der Waals surface area contributed by atoms with Gasteiger partial charge in [0.05, 0.1) is 10.7 Å². The van der Waals surface area contributed by atoms with E-state index in [-0.39, 0.29) is 0 Å². The van der Waals surface area contributed by atoms with E-state index in [9.17, 15) is 0 Å². The zero-order valence-corrected chi connectivity index (χ0v) is 12.1. The van der Waals surface area contributed by atoms with Gasteiger partial charge in [-0.2, -0.15) is 0 Å². The van der Waals surface area contributed by atoms with Crippen LogP contribution in [0.2, 0.25) is 5.02 Å². The first-order valence-electron chi connectivity index (χ1n) is 6.52. The average Bonchev–Trinajstić information content (AvgIpc) is 2.38. The Morgan fingerprint density at radius 2 is 1.89 bits per heavy atom. The van der Waals surface area contributed by atoms with Gasteiger partial charge in [0, 0.05) is 11.4 Å². The number of benzene rings is 2. The molecule has 2 aromatic carbocycles. The van der Waals surface area contributed by atoms with Crippen LogP contribution >= 0.6 is 11.6 Å². The second kappa shape index (κ2) is 5.98. The van der Waals surface area contributed by atoms with Crippen LogP contribution in [-0.4, -0.2) is 0 Å². The molecule has 0 unspecified atom stereocenters. The second-order valence-corrected chi connectivity index (χ2v) is 5.13. The molecule has 0 aliphatic rings. The highest BCUT2D eigenvalue weighted by Gasteiger charge is 2.06. The molecule has 0 aliphatic carbocycles. The van der Waals surface area contributed by atoms with Gasteiger partial charge in [0.25, 0.3) is 0 Å². The molecule has 0 aromatic heterocycles. The van der Waals surface area contributed by atoms with E-state index in [0.29, 0.717) is 10.7 Å².